The van der Waals surface area contributed by atoms with Gasteiger partial charge in [0.25, 0.3) is 5.89 Å². The first-order chi connectivity index (χ1) is 11.7. The highest BCUT2D eigenvalue weighted by molar-refractivity contribution is 7.09. The first-order valence-electron chi connectivity index (χ1n) is 8.72. The van der Waals surface area contributed by atoms with Crippen molar-refractivity contribution in [2.24, 2.45) is 11.8 Å². The second-order valence-corrected chi connectivity index (χ2v) is 7.58. The predicted molar refractivity (Wildman–Crippen MR) is 93.7 cm³/mol. The van der Waals surface area contributed by atoms with Gasteiger partial charge in [-0.25, -0.2) is 4.98 Å². The smallest absolute Gasteiger partial charge is 0.322 e. The lowest BCUT2D eigenvalue weighted by atomic mass is 9.79. The van der Waals surface area contributed by atoms with E-state index in [2.05, 4.69) is 27.4 Å². The molecular formula is C17H24N4O2S. The zero-order chi connectivity index (χ0) is 16.9. The topological polar surface area (TPSA) is 80.9 Å². The van der Waals surface area contributed by atoms with Gasteiger partial charge in [0.05, 0.1) is 5.01 Å². The molecule has 6 nitrogen and oxygen atoms in total. The van der Waals surface area contributed by atoms with Gasteiger partial charge in [-0.3, -0.25) is 10.1 Å². The number of hydrogen-bond donors (Lipinski definition) is 1. The quantitative estimate of drug-likeness (QED) is 0.835. The third kappa shape index (κ3) is 4.20. The molecule has 0 spiro atoms. The molecule has 0 unspecified atom stereocenters. The lowest BCUT2D eigenvalue weighted by molar-refractivity contribution is -0.121. The molecule has 130 valence electrons. The van der Waals surface area contributed by atoms with Gasteiger partial charge < -0.3 is 4.42 Å². The van der Waals surface area contributed by atoms with Crippen molar-refractivity contribution in [3.63, 3.8) is 0 Å². The minimum atomic E-state index is -0.00593. The molecule has 24 heavy (non-hydrogen) atoms. The Bertz CT molecular complexity index is 674. The molecule has 7 heteroatoms. The largest absolute Gasteiger partial charge is 0.401 e. The molecule has 0 bridgehead atoms. The van der Waals surface area contributed by atoms with Crippen molar-refractivity contribution in [3.05, 3.63) is 10.4 Å². The molecule has 0 aromatic carbocycles. The van der Waals surface area contributed by atoms with Gasteiger partial charge in [0.15, 0.2) is 0 Å². The molecule has 2 heterocycles. The third-order valence-electron chi connectivity index (χ3n) is 4.68. The van der Waals surface area contributed by atoms with Crippen molar-refractivity contribution < 1.29 is 9.21 Å². The van der Waals surface area contributed by atoms with Crippen LogP contribution in [0.5, 0.6) is 0 Å². The monoisotopic (exact) mass is 348 g/mol. The molecule has 2 aromatic rings. The number of anilines is 1. The van der Waals surface area contributed by atoms with E-state index in [0.717, 1.165) is 36.6 Å². The summed E-state index contributed by atoms with van der Waals surface area (Å²) in [4.78, 5) is 16.7. The Labute approximate surface area is 146 Å². The highest BCUT2D eigenvalue weighted by Crippen LogP contribution is 2.32. The van der Waals surface area contributed by atoms with Crippen LogP contribution in [0.3, 0.4) is 0 Å². The van der Waals surface area contributed by atoms with E-state index in [0.29, 0.717) is 11.6 Å². The van der Waals surface area contributed by atoms with Crippen LogP contribution in [0.15, 0.2) is 9.80 Å². The average Bonchev–Trinajstić information content (AvgIpc) is 3.22. The molecule has 1 aliphatic rings. The number of aryl methyl sites for hydroxylation is 1. The maximum absolute atomic E-state index is 12.4. The van der Waals surface area contributed by atoms with Crippen LogP contribution in [0.1, 0.15) is 56.9 Å². The van der Waals surface area contributed by atoms with E-state index in [1.807, 2.05) is 12.3 Å². The summed E-state index contributed by atoms with van der Waals surface area (Å²) >= 11 is 1.52. The minimum absolute atomic E-state index is 0.00593. The molecule has 0 radical (unpaired) electrons. The van der Waals surface area contributed by atoms with Crippen LogP contribution < -0.4 is 5.32 Å². The molecule has 1 saturated carbocycles. The van der Waals surface area contributed by atoms with E-state index in [9.17, 15) is 4.79 Å². The number of hydrogen-bond acceptors (Lipinski definition) is 6. The summed E-state index contributed by atoms with van der Waals surface area (Å²) < 4.78 is 5.51. The number of carbonyl (C=O) groups excluding carboxylic acids is 1. The number of nitrogens with one attached hydrogen (secondary N) is 1. The number of carbonyl (C=O) groups is 1. The van der Waals surface area contributed by atoms with Gasteiger partial charge in [-0.05, 0) is 38.5 Å². The molecule has 0 saturated heterocycles. The van der Waals surface area contributed by atoms with E-state index in [1.54, 1.807) is 0 Å². The fourth-order valence-corrected chi connectivity index (χ4v) is 3.84. The third-order valence-corrected chi connectivity index (χ3v) is 5.45. The number of rotatable bonds is 6. The Balaban J connectivity index is 1.51. The summed E-state index contributed by atoms with van der Waals surface area (Å²) in [5.74, 6) is 1.18. The van der Waals surface area contributed by atoms with Crippen molar-refractivity contribution in [3.8, 4) is 11.6 Å². The first kappa shape index (κ1) is 17.1. The van der Waals surface area contributed by atoms with Crippen molar-refractivity contribution in [1.82, 2.24) is 15.2 Å². The molecular weight excluding hydrogens is 324 g/mol. The molecule has 0 atom stereocenters. The maximum atomic E-state index is 12.4. The van der Waals surface area contributed by atoms with Crippen LogP contribution in [0.2, 0.25) is 0 Å². The van der Waals surface area contributed by atoms with Crippen LogP contribution in [0.25, 0.3) is 11.6 Å². The fourth-order valence-electron chi connectivity index (χ4n) is 3.25. The molecule has 0 aliphatic heterocycles. The number of unbranched alkanes of at least 4 members (excludes halogenated alkanes) is 1. The Hall–Kier alpha value is -1.76. The van der Waals surface area contributed by atoms with E-state index in [-0.39, 0.29) is 17.8 Å². The Morgan fingerprint density at radius 2 is 2.12 bits per heavy atom. The summed E-state index contributed by atoms with van der Waals surface area (Å²) in [5.41, 5.74) is 0.655. The first-order valence-corrected chi connectivity index (χ1v) is 9.60. The van der Waals surface area contributed by atoms with Crippen LogP contribution in [0.4, 0.5) is 6.01 Å². The summed E-state index contributed by atoms with van der Waals surface area (Å²) in [6.45, 7) is 4.15. The van der Waals surface area contributed by atoms with Gasteiger partial charge >= 0.3 is 6.01 Å². The molecule has 1 N–H and O–H groups in total. The SMILES string of the molecule is CCCCC1CCC(C(=O)Nc2nnc(-c3csc(C)n3)o2)CC1. The van der Waals surface area contributed by atoms with Gasteiger partial charge in [0.2, 0.25) is 5.91 Å². The number of thiazole rings is 1. The molecule has 2 aromatic heterocycles. The van der Waals surface area contributed by atoms with Crippen molar-refractivity contribution in [2.75, 3.05) is 5.32 Å². The maximum Gasteiger partial charge on any atom is 0.322 e. The van der Waals surface area contributed by atoms with E-state index < -0.39 is 0 Å². The standard InChI is InChI=1S/C17H24N4O2S/c1-3-4-5-12-6-8-13(9-7-12)15(22)19-17-21-20-16(23-17)14-10-24-11(2)18-14/h10,12-13H,3-9H2,1-2H3,(H,19,21,22). The van der Waals surface area contributed by atoms with Crippen LogP contribution in [0, 0.1) is 18.8 Å². The zero-order valence-corrected chi connectivity index (χ0v) is 15.1. The number of aromatic nitrogens is 3. The molecule has 3 rings (SSSR count). The summed E-state index contributed by atoms with van der Waals surface area (Å²) in [6, 6.07) is 0.161. The van der Waals surface area contributed by atoms with Crippen molar-refractivity contribution in [1.29, 1.82) is 0 Å². The van der Waals surface area contributed by atoms with Gasteiger partial charge in [-0.15, -0.1) is 16.4 Å². The number of nitrogens with zero attached hydrogens (tertiary/aromatic N) is 3. The minimum Gasteiger partial charge on any atom is -0.401 e. The van der Waals surface area contributed by atoms with E-state index in [4.69, 9.17) is 4.42 Å². The number of amides is 1. The summed E-state index contributed by atoms with van der Waals surface area (Å²) in [6.07, 6.45) is 8.03. The van der Waals surface area contributed by atoms with E-state index >= 15 is 0 Å². The van der Waals surface area contributed by atoms with Crippen molar-refractivity contribution >= 4 is 23.3 Å². The van der Waals surface area contributed by atoms with Gasteiger partial charge in [0, 0.05) is 11.3 Å². The predicted octanol–water partition coefficient (Wildman–Crippen LogP) is 4.44. The van der Waals surface area contributed by atoms with E-state index in [1.165, 1.54) is 30.6 Å². The molecule has 1 amide bonds. The Morgan fingerprint density at radius 1 is 1.33 bits per heavy atom. The zero-order valence-electron chi connectivity index (χ0n) is 14.2. The molecule has 1 aliphatic carbocycles. The fraction of sp³-hybridized carbons (Fsp3) is 0.647. The highest BCUT2D eigenvalue weighted by Gasteiger charge is 2.27. The van der Waals surface area contributed by atoms with Gasteiger partial charge in [-0.2, -0.15) is 0 Å². The molecule has 1 fully saturated rings. The highest BCUT2D eigenvalue weighted by atomic mass is 32.1. The Morgan fingerprint density at radius 3 is 2.79 bits per heavy atom. The van der Waals surface area contributed by atoms with Gasteiger partial charge in [0.1, 0.15) is 5.69 Å². The lowest BCUT2D eigenvalue weighted by Gasteiger charge is -2.27. The van der Waals surface area contributed by atoms with Crippen LogP contribution in [-0.4, -0.2) is 21.1 Å². The van der Waals surface area contributed by atoms with Crippen LogP contribution >= 0.6 is 11.3 Å². The van der Waals surface area contributed by atoms with Gasteiger partial charge in [-0.1, -0.05) is 31.3 Å². The Kier molecular flexibility index (Phi) is 5.60. The second-order valence-electron chi connectivity index (χ2n) is 6.51. The van der Waals surface area contributed by atoms with Crippen LogP contribution in [-0.2, 0) is 4.79 Å². The normalized spacial score (nSPS) is 20.9. The summed E-state index contributed by atoms with van der Waals surface area (Å²) in [7, 11) is 0. The van der Waals surface area contributed by atoms with Crippen molar-refractivity contribution in [2.45, 2.75) is 58.8 Å². The second kappa shape index (κ2) is 7.88. The average molecular weight is 348 g/mol. The summed E-state index contributed by atoms with van der Waals surface area (Å²) in [5, 5.41) is 13.4. The lowest BCUT2D eigenvalue weighted by Crippen LogP contribution is -2.27.